The molecule has 1 N–H and O–H groups in total. The Labute approximate surface area is 209 Å². The fourth-order valence-electron chi connectivity index (χ4n) is 3.86. The van der Waals surface area contributed by atoms with Crippen molar-refractivity contribution in [2.24, 2.45) is 0 Å². The van der Waals surface area contributed by atoms with Crippen LogP contribution in [-0.2, 0) is 22.5 Å². The number of benzene rings is 2. The molecule has 10 heteroatoms. The third kappa shape index (κ3) is 7.29. The lowest BCUT2D eigenvalue weighted by molar-refractivity contribution is 0.0183. The van der Waals surface area contributed by atoms with Gasteiger partial charge in [-0.05, 0) is 44.4 Å². The van der Waals surface area contributed by atoms with E-state index in [1.807, 2.05) is 30.3 Å². The summed E-state index contributed by atoms with van der Waals surface area (Å²) in [6.07, 6.45) is -2.77. The molecule has 2 aromatic carbocycles. The van der Waals surface area contributed by atoms with E-state index in [0.717, 1.165) is 22.6 Å². The summed E-state index contributed by atoms with van der Waals surface area (Å²) in [6, 6.07) is 10.3. The summed E-state index contributed by atoms with van der Waals surface area (Å²) in [5.74, 6) is -1.39. The van der Waals surface area contributed by atoms with Gasteiger partial charge in [-0.15, -0.1) is 0 Å². The van der Waals surface area contributed by atoms with Crippen molar-refractivity contribution >= 4 is 17.9 Å². The molecule has 0 spiro atoms. The van der Waals surface area contributed by atoms with Crippen molar-refractivity contribution in [2.45, 2.75) is 51.6 Å². The van der Waals surface area contributed by atoms with E-state index in [0.29, 0.717) is 0 Å². The second-order valence-corrected chi connectivity index (χ2v) is 9.71. The third-order valence-corrected chi connectivity index (χ3v) is 5.73. The first kappa shape index (κ1) is 27.2. The number of halogens is 3. The Hall–Kier alpha value is -3.43. The fraction of sp³-hybridized carbons (Fsp3) is 0.462. The number of carbonyl (C=O) groups is 2. The molecule has 0 bridgehead atoms. The molecule has 1 fully saturated rings. The maximum absolute atomic E-state index is 14.9. The van der Waals surface area contributed by atoms with Crippen LogP contribution in [0.2, 0.25) is 0 Å². The average Bonchev–Trinajstić information content (AvgIpc) is 3.19. The van der Waals surface area contributed by atoms with Gasteiger partial charge in [-0.25, -0.2) is 22.8 Å². The Morgan fingerprint density at radius 2 is 1.81 bits per heavy atom. The number of ether oxygens (including phenoxy) is 2. The number of alkyl halides is 1. The number of anilines is 1. The first-order valence-corrected chi connectivity index (χ1v) is 11.7. The molecule has 196 valence electrons. The smallest absolute Gasteiger partial charge is 0.410 e. The average molecular weight is 508 g/mol. The molecule has 0 radical (unpaired) electrons. The van der Waals surface area contributed by atoms with Crippen LogP contribution in [0.15, 0.2) is 42.5 Å². The van der Waals surface area contributed by atoms with E-state index in [2.05, 4.69) is 5.32 Å². The zero-order valence-corrected chi connectivity index (χ0v) is 20.9. The van der Waals surface area contributed by atoms with Crippen LogP contribution < -0.4 is 10.2 Å². The van der Waals surface area contributed by atoms with Gasteiger partial charge in [0.05, 0.1) is 18.3 Å². The highest BCUT2D eigenvalue weighted by atomic mass is 19.1. The number of hydrogen-bond donors (Lipinski definition) is 1. The molecule has 7 nitrogen and oxygen atoms in total. The van der Waals surface area contributed by atoms with Gasteiger partial charge in [0, 0.05) is 26.2 Å². The molecule has 3 rings (SSSR count). The summed E-state index contributed by atoms with van der Waals surface area (Å²) in [7, 11) is 1.42. The lowest BCUT2D eigenvalue weighted by Crippen LogP contribution is -2.45. The molecule has 36 heavy (non-hydrogen) atoms. The first-order chi connectivity index (χ1) is 16.9. The first-order valence-electron chi connectivity index (χ1n) is 11.7. The monoisotopic (exact) mass is 507 g/mol. The lowest BCUT2D eigenvalue weighted by Gasteiger charge is -2.29. The second kappa shape index (κ2) is 11.5. The van der Waals surface area contributed by atoms with E-state index in [-0.39, 0.29) is 43.9 Å². The summed E-state index contributed by atoms with van der Waals surface area (Å²) in [4.78, 5) is 26.7. The number of likely N-dealkylation sites (N-methyl/N-ethyl adjacent to an activating group) is 1. The quantitative estimate of drug-likeness (QED) is 0.582. The molecular weight excluding hydrogens is 475 g/mol. The van der Waals surface area contributed by atoms with Crippen LogP contribution in [0, 0.1) is 11.6 Å². The van der Waals surface area contributed by atoms with Gasteiger partial charge in [0.25, 0.3) is 0 Å². The third-order valence-electron chi connectivity index (χ3n) is 5.73. The van der Waals surface area contributed by atoms with Crippen LogP contribution in [0.3, 0.4) is 0 Å². The molecule has 0 aliphatic carbocycles. The minimum Gasteiger partial charge on any atom is -0.445 e. The zero-order chi connectivity index (χ0) is 26.5. The number of alkyl carbamates (subject to hydrolysis) is 1. The summed E-state index contributed by atoms with van der Waals surface area (Å²) in [6.45, 7) is 5.05. The van der Waals surface area contributed by atoms with Crippen molar-refractivity contribution in [2.75, 3.05) is 31.6 Å². The Balaban J connectivity index is 1.55. The van der Waals surface area contributed by atoms with Gasteiger partial charge in [0.15, 0.2) is 0 Å². The van der Waals surface area contributed by atoms with Crippen LogP contribution >= 0.6 is 0 Å². The summed E-state index contributed by atoms with van der Waals surface area (Å²) in [5, 5.41) is 2.51. The fourth-order valence-corrected chi connectivity index (χ4v) is 3.86. The van der Waals surface area contributed by atoms with E-state index < -0.39 is 41.6 Å². The number of nitrogens with zero attached hydrogens (tertiary/aromatic N) is 2. The van der Waals surface area contributed by atoms with Gasteiger partial charge in [0.1, 0.15) is 30.0 Å². The SMILES string of the molecule is CN(C(=O)OC(C)(C)C)[C@@H]1CN(c2cc(F)c(CCNC(=O)OCc3ccccc3)cc2F)C[C@H]1F. The van der Waals surface area contributed by atoms with Crippen LogP contribution in [0.5, 0.6) is 0 Å². The van der Waals surface area contributed by atoms with E-state index in [1.165, 1.54) is 11.9 Å². The molecule has 0 aromatic heterocycles. The van der Waals surface area contributed by atoms with E-state index in [4.69, 9.17) is 9.47 Å². The molecular formula is C26H32F3N3O4. The van der Waals surface area contributed by atoms with Crippen molar-refractivity contribution in [3.8, 4) is 0 Å². The number of rotatable bonds is 7. The topological polar surface area (TPSA) is 71.1 Å². The minimum absolute atomic E-state index is 0.0125. The van der Waals surface area contributed by atoms with Crippen molar-refractivity contribution in [3.63, 3.8) is 0 Å². The van der Waals surface area contributed by atoms with E-state index >= 15 is 0 Å². The molecule has 2 amide bonds. The van der Waals surface area contributed by atoms with Crippen molar-refractivity contribution in [3.05, 3.63) is 65.2 Å². The van der Waals surface area contributed by atoms with Crippen molar-refractivity contribution in [1.29, 1.82) is 0 Å². The van der Waals surface area contributed by atoms with Crippen molar-refractivity contribution < 1.29 is 32.2 Å². The molecule has 0 unspecified atom stereocenters. The molecule has 2 atom stereocenters. The number of hydrogen-bond acceptors (Lipinski definition) is 5. The Morgan fingerprint density at radius 3 is 2.47 bits per heavy atom. The number of amides is 2. The predicted molar refractivity (Wildman–Crippen MR) is 130 cm³/mol. The van der Waals surface area contributed by atoms with Gasteiger partial charge in [0.2, 0.25) is 0 Å². The van der Waals surface area contributed by atoms with Crippen LogP contribution in [0.25, 0.3) is 0 Å². The van der Waals surface area contributed by atoms with E-state index in [9.17, 15) is 22.8 Å². The molecule has 0 saturated carbocycles. The standard InChI is InChI=1S/C26H32F3N3O4/c1-26(2,3)36-25(34)31(4)23-15-32(14-21(23)29)22-13-19(27)18(12-20(22)28)10-11-30-24(33)35-16-17-8-6-5-7-9-17/h5-9,12-13,21,23H,10-11,14-16H2,1-4H3,(H,30,33)/t21-,23-/m1/s1. The van der Waals surface area contributed by atoms with Gasteiger partial charge < -0.3 is 24.6 Å². The van der Waals surface area contributed by atoms with Crippen LogP contribution in [-0.4, -0.2) is 61.6 Å². The van der Waals surface area contributed by atoms with Gasteiger partial charge >= 0.3 is 12.2 Å². The molecule has 1 saturated heterocycles. The second-order valence-electron chi connectivity index (χ2n) is 9.71. The summed E-state index contributed by atoms with van der Waals surface area (Å²) >= 11 is 0. The Kier molecular flexibility index (Phi) is 8.70. The molecule has 1 aliphatic rings. The largest absolute Gasteiger partial charge is 0.445 e. The molecule has 2 aromatic rings. The highest BCUT2D eigenvalue weighted by Crippen LogP contribution is 2.30. The van der Waals surface area contributed by atoms with Gasteiger partial charge in [-0.3, -0.25) is 0 Å². The maximum Gasteiger partial charge on any atom is 0.410 e. The Bertz CT molecular complexity index is 1060. The van der Waals surface area contributed by atoms with Gasteiger partial charge in [-0.2, -0.15) is 0 Å². The van der Waals surface area contributed by atoms with Crippen LogP contribution in [0.1, 0.15) is 31.9 Å². The highest BCUT2D eigenvalue weighted by Gasteiger charge is 2.39. The zero-order valence-electron chi connectivity index (χ0n) is 20.9. The molecule has 1 heterocycles. The van der Waals surface area contributed by atoms with Crippen LogP contribution in [0.4, 0.5) is 28.4 Å². The minimum atomic E-state index is -1.46. The maximum atomic E-state index is 14.9. The Morgan fingerprint density at radius 1 is 1.11 bits per heavy atom. The normalized spacial score (nSPS) is 17.6. The summed E-state index contributed by atoms with van der Waals surface area (Å²) < 4.78 is 54.7. The predicted octanol–water partition coefficient (Wildman–Crippen LogP) is 4.83. The van der Waals surface area contributed by atoms with Crippen molar-refractivity contribution in [1.82, 2.24) is 10.2 Å². The van der Waals surface area contributed by atoms with E-state index in [1.54, 1.807) is 20.8 Å². The lowest BCUT2D eigenvalue weighted by atomic mass is 10.1. The highest BCUT2D eigenvalue weighted by molar-refractivity contribution is 5.69. The number of nitrogens with one attached hydrogen (secondary N) is 1. The summed E-state index contributed by atoms with van der Waals surface area (Å²) in [5.41, 5.74) is 0.0640. The molecule has 1 aliphatic heterocycles. The van der Waals surface area contributed by atoms with Gasteiger partial charge in [-0.1, -0.05) is 30.3 Å². The number of carbonyl (C=O) groups excluding carboxylic acids is 2.